The molecule has 9 heteroatoms. The molecule has 0 atom stereocenters. The minimum Gasteiger partial charge on any atom is -0.507 e. The first-order chi connectivity index (χ1) is 18.2. The Morgan fingerprint density at radius 3 is 2.34 bits per heavy atom. The molecule has 1 aliphatic heterocycles. The van der Waals surface area contributed by atoms with Crippen LogP contribution in [-0.4, -0.2) is 27.8 Å². The van der Waals surface area contributed by atoms with Gasteiger partial charge in [0.2, 0.25) is 0 Å². The number of carbonyl (C=O) groups excluding carboxylic acids is 1. The molecule has 4 aromatic rings. The Kier molecular flexibility index (Phi) is 6.12. The van der Waals surface area contributed by atoms with Crippen molar-refractivity contribution in [2.75, 3.05) is 10.3 Å². The number of carboxylic acids is 1. The molecule has 0 saturated heterocycles. The summed E-state index contributed by atoms with van der Waals surface area (Å²) in [6.07, 6.45) is 0. The molecule has 0 unspecified atom stereocenters. The Balaban J connectivity index is 1.67. The Morgan fingerprint density at radius 1 is 0.895 bits per heavy atom. The van der Waals surface area contributed by atoms with E-state index in [0.29, 0.717) is 22.9 Å². The number of benzene rings is 4. The van der Waals surface area contributed by atoms with Gasteiger partial charge in [0, 0.05) is 28.4 Å². The van der Waals surface area contributed by atoms with Gasteiger partial charge in [0.1, 0.15) is 11.6 Å². The van der Waals surface area contributed by atoms with Crippen molar-refractivity contribution >= 4 is 34.7 Å². The van der Waals surface area contributed by atoms with Crippen LogP contribution in [0.2, 0.25) is 0 Å². The van der Waals surface area contributed by atoms with Gasteiger partial charge in [-0.15, -0.1) is 0 Å². The summed E-state index contributed by atoms with van der Waals surface area (Å²) >= 11 is 0. The van der Waals surface area contributed by atoms with E-state index in [2.05, 4.69) is 10.5 Å². The maximum absolute atomic E-state index is 15.1. The van der Waals surface area contributed by atoms with Gasteiger partial charge < -0.3 is 10.2 Å². The van der Waals surface area contributed by atoms with Gasteiger partial charge >= 0.3 is 5.97 Å². The molecule has 0 radical (unpaired) electrons. The largest absolute Gasteiger partial charge is 0.507 e. The van der Waals surface area contributed by atoms with Crippen molar-refractivity contribution in [3.05, 3.63) is 107 Å². The van der Waals surface area contributed by atoms with E-state index in [4.69, 9.17) is 0 Å². The Morgan fingerprint density at radius 2 is 1.63 bits per heavy atom. The molecule has 1 heterocycles. The fourth-order valence-corrected chi connectivity index (χ4v) is 4.40. The Labute approximate surface area is 216 Å². The maximum Gasteiger partial charge on any atom is 0.337 e. The van der Waals surface area contributed by atoms with Crippen LogP contribution < -0.4 is 10.3 Å². The number of hydrazone groups is 1. The van der Waals surface area contributed by atoms with Crippen LogP contribution in [0.15, 0.2) is 77.9 Å². The molecular formula is C29H21F2N3O4. The average Bonchev–Trinajstić information content (AvgIpc) is 3.15. The quantitative estimate of drug-likeness (QED) is 0.278. The third-order valence-electron chi connectivity index (χ3n) is 6.43. The molecule has 1 amide bonds. The zero-order chi connectivity index (χ0) is 27.1. The molecule has 190 valence electrons. The minimum absolute atomic E-state index is 0.00939. The minimum atomic E-state index is -1.28. The Bertz CT molecular complexity index is 1670. The summed E-state index contributed by atoms with van der Waals surface area (Å²) in [7, 11) is 0. The van der Waals surface area contributed by atoms with Crippen LogP contribution in [-0.2, 0) is 4.79 Å². The zero-order valence-corrected chi connectivity index (χ0v) is 20.3. The summed E-state index contributed by atoms with van der Waals surface area (Å²) < 4.78 is 29.3. The van der Waals surface area contributed by atoms with E-state index < -0.39 is 23.5 Å². The van der Waals surface area contributed by atoms with Gasteiger partial charge in [-0.05, 0) is 55.3 Å². The van der Waals surface area contributed by atoms with Crippen molar-refractivity contribution in [2.24, 2.45) is 5.10 Å². The number of phenolic OH excluding ortho intramolecular Hbond substituents is 1. The number of aromatic hydroxyl groups is 1. The number of para-hydroxylation sites is 2. The van der Waals surface area contributed by atoms with Crippen molar-refractivity contribution in [3.63, 3.8) is 0 Å². The van der Waals surface area contributed by atoms with E-state index in [-0.39, 0.29) is 34.0 Å². The summed E-state index contributed by atoms with van der Waals surface area (Å²) in [5, 5.41) is 24.3. The number of hydrogen-bond donors (Lipinski definition) is 3. The number of nitrogens with one attached hydrogen (secondary N) is 1. The fourth-order valence-electron chi connectivity index (χ4n) is 4.40. The number of nitrogens with zero attached hydrogens (tertiary/aromatic N) is 2. The lowest BCUT2D eigenvalue weighted by Gasteiger charge is -2.18. The van der Waals surface area contributed by atoms with Crippen LogP contribution in [0.4, 0.5) is 25.8 Å². The van der Waals surface area contributed by atoms with Crippen molar-refractivity contribution in [1.29, 1.82) is 0 Å². The number of aromatic carboxylic acids is 1. The van der Waals surface area contributed by atoms with Gasteiger partial charge in [-0.25, -0.2) is 13.6 Å². The Hall–Kier alpha value is -5.05. The number of phenols is 1. The first kappa shape index (κ1) is 24.6. The number of carbonyl (C=O) groups is 2. The first-order valence-electron chi connectivity index (χ1n) is 11.6. The summed E-state index contributed by atoms with van der Waals surface area (Å²) in [6, 6.07) is 17.6. The number of amides is 1. The van der Waals surface area contributed by atoms with Gasteiger partial charge in [0.05, 0.1) is 16.9 Å². The lowest BCUT2D eigenvalue weighted by Crippen LogP contribution is -2.26. The van der Waals surface area contributed by atoms with Gasteiger partial charge in [0.25, 0.3) is 5.91 Å². The number of hydrogen-bond acceptors (Lipinski definition) is 5. The van der Waals surface area contributed by atoms with Gasteiger partial charge in [-0.1, -0.05) is 36.4 Å². The SMILES string of the molecule is Cc1ccc(N2C(=O)C(=NNc3c(C(=O)O)cccc3-c3ccccc3O)c3cc(F)cc(F)c32)cc1C. The summed E-state index contributed by atoms with van der Waals surface area (Å²) in [6.45, 7) is 3.74. The van der Waals surface area contributed by atoms with Crippen LogP contribution in [0.3, 0.4) is 0 Å². The van der Waals surface area contributed by atoms with E-state index in [9.17, 15) is 24.2 Å². The smallest absolute Gasteiger partial charge is 0.337 e. The molecule has 0 aliphatic carbocycles. The summed E-state index contributed by atoms with van der Waals surface area (Å²) in [5.41, 5.74) is 4.72. The molecule has 0 saturated carbocycles. The van der Waals surface area contributed by atoms with Crippen molar-refractivity contribution in [3.8, 4) is 16.9 Å². The number of rotatable bonds is 5. The molecule has 38 heavy (non-hydrogen) atoms. The standard InChI is InChI=1S/C29H21F2N3O4/c1-15-10-11-18(12-16(15)2)34-27-22(13-17(30)14-23(27)31)26(28(34)36)33-32-25-20(7-5-8-21(25)29(37)38)19-6-3-4-9-24(19)35/h3-14,32,35H,1-2H3,(H,37,38). The molecule has 0 aromatic heterocycles. The molecule has 1 aliphatic rings. The highest BCUT2D eigenvalue weighted by Crippen LogP contribution is 2.40. The molecule has 4 aromatic carbocycles. The van der Waals surface area contributed by atoms with Crippen molar-refractivity contribution in [1.82, 2.24) is 0 Å². The van der Waals surface area contributed by atoms with E-state index in [0.717, 1.165) is 22.1 Å². The average molecular weight is 514 g/mol. The van der Waals surface area contributed by atoms with Gasteiger partial charge in [-0.3, -0.25) is 15.1 Å². The van der Waals surface area contributed by atoms with Crippen molar-refractivity contribution in [2.45, 2.75) is 13.8 Å². The molecule has 7 nitrogen and oxygen atoms in total. The first-order valence-corrected chi connectivity index (χ1v) is 11.6. The second-order valence-corrected chi connectivity index (χ2v) is 8.82. The molecule has 0 spiro atoms. The highest BCUT2D eigenvalue weighted by atomic mass is 19.1. The van der Waals surface area contributed by atoms with Crippen LogP contribution in [0.5, 0.6) is 5.75 Å². The normalized spacial score (nSPS) is 13.6. The van der Waals surface area contributed by atoms with Crippen LogP contribution >= 0.6 is 0 Å². The molecule has 0 fully saturated rings. The highest BCUT2D eigenvalue weighted by Gasteiger charge is 2.38. The number of halogens is 2. The topological polar surface area (TPSA) is 102 Å². The summed E-state index contributed by atoms with van der Waals surface area (Å²) in [5.74, 6) is -3.95. The zero-order valence-electron chi connectivity index (χ0n) is 20.3. The number of anilines is 3. The monoisotopic (exact) mass is 513 g/mol. The lowest BCUT2D eigenvalue weighted by molar-refractivity contribution is -0.111. The van der Waals surface area contributed by atoms with E-state index in [1.165, 1.54) is 18.2 Å². The maximum atomic E-state index is 15.1. The van der Waals surface area contributed by atoms with E-state index in [1.54, 1.807) is 42.5 Å². The second kappa shape index (κ2) is 9.44. The number of fused-ring (bicyclic) bond motifs is 1. The van der Waals surface area contributed by atoms with Crippen molar-refractivity contribution < 1.29 is 28.6 Å². The van der Waals surface area contributed by atoms with E-state index >= 15 is 4.39 Å². The molecular weight excluding hydrogens is 492 g/mol. The van der Waals surface area contributed by atoms with Crippen LogP contribution in [0, 0.1) is 25.5 Å². The molecule has 5 rings (SSSR count). The molecule has 3 N–H and O–H groups in total. The van der Waals surface area contributed by atoms with Gasteiger partial charge in [0.15, 0.2) is 11.5 Å². The van der Waals surface area contributed by atoms with Gasteiger partial charge in [-0.2, -0.15) is 5.10 Å². The molecule has 0 bridgehead atoms. The van der Waals surface area contributed by atoms with Crippen LogP contribution in [0.25, 0.3) is 11.1 Å². The predicted octanol–water partition coefficient (Wildman–Crippen LogP) is 6.15. The number of aryl methyl sites for hydroxylation is 2. The second-order valence-electron chi connectivity index (χ2n) is 8.82. The van der Waals surface area contributed by atoms with E-state index in [1.807, 2.05) is 13.8 Å². The summed E-state index contributed by atoms with van der Waals surface area (Å²) in [4.78, 5) is 26.7. The third kappa shape index (κ3) is 4.13. The lowest BCUT2D eigenvalue weighted by atomic mass is 9.99. The fraction of sp³-hybridized carbons (Fsp3) is 0.0690. The third-order valence-corrected chi connectivity index (χ3v) is 6.43. The highest BCUT2D eigenvalue weighted by molar-refractivity contribution is 6.55. The van der Waals surface area contributed by atoms with Crippen LogP contribution in [0.1, 0.15) is 27.0 Å². The number of carboxylic acid groups (broad SMARTS) is 1. The predicted molar refractivity (Wildman–Crippen MR) is 140 cm³/mol.